The van der Waals surface area contributed by atoms with Crippen molar-refractivity contribution in [2.75, 3.05) is 6.54 Å². The van der Waals surface area contributed by atoms with Crippen LogP contribution in [0.1, 0.15) is 30.4 Å². The molecule has 0 spiro atoms. The molecule has 3 nitrogen and oxygen atoms in total. The third-order valence-electron chi connectivity index (χ3n) is 3.58. The van der Waals surface area contributed by atoms with Gasteiger partial charge in [0.15, 0.2) is 0 Å². The van der Waals surface area contributed by atoms with Gasteiger partial charge in [0.25, 0.3) is 0 Å². The quantitative estimate of drug-likeness (QED) is 0.799. The largest absolute Gasteiger partial charge is 0.326 e. The number of amides is 1. The first-order valence-corrected chi connectivity index (χ1v) is 6.46. The fourth-order valence-corrected chi connectivity index (χ4v) is 2.44. The van der Waals surface area contributed by atoms with Crippen molar-refractivity contribution in [2.24, 2.45) is 0 Å². The summed E-state index contributed by atoms with van der Waals surface area (Å²) >= 11 is 0. The zero-order valence-electron chi connectivity index (χ0n) is 10.7. The number of carbonyl (C=O) groups is 1. The Hall–Kier alpha value is -1.82. The summed E-state index contributed by atoms with van der Waals surface area (Å²) in [4.78, 5) is 14.0. The Balaban J connectivity index is 2.08. The molecule has 1 aromatic rings. The van der Waals surface area contributed by atoms with Crippen molar-refractivity contribution >= 4 is 5.91 Å². The maximum absolute atomic E-state index is 12.3. The first-order valence-electron chi connectivity index (χ1n) is 6.46. The maximum atomic E-state index is 12.3. The lowest BCUT2D eigenvalue weighted by Crippen LogP contribution is -2.43. The van der Waals surface area contributed by atoms with Gasteiger partial charge in [0.1, 0.15) is 6.04 Å². The minimum Gasteiger partial charge on any atom is -0.326 e. The van der Waals surface area contributed by atoms with Crippen molar-refractivity contribution in [2.45, 2.75) is 38.6 Å². The van der Waals surface area contributed by atoms with Crippen LogP contribution in [0.4, 0.5) is 0 Å². The minimum atomic E-state index is -0.227. The topological polar surface area (TPSA) is 44.1 Å². The van der Waals surface area contributed by atoms with Crippen LogP contribution in [0.3, 0.4) is 0 Å². The van der Waals surface area contributed by atoms with E-state index < -0.39 is 0 Å². The average Bonchev–Trinajstić information content (AvgIpc) is 2.41. The summed E-state index contributed by atoms with van der Waals surface area (Å²) in [6.07, 6.45) is 3.28. The van der Waals surface area contributed by atoms with Gasteiger partial charge in [-0.05, 0) is 37.3 Å². The number of hydrogen-bond donors (Lipinski definition) is 0. The second kappa shape index (κ2) is 5.68. The van der Waals surface area contributed by atoms with Crippen molar-refractivity contribution in [3.05, 3.63) is 35.4 Å². The van der Waals surface area contributed by atoms with Crippen molar-refractivity contribution in [1.82, 2.24) is 4.90 Å². The molecule has 1 aliphatic rings. The van der Waals surface area contributed by atoms with E-state index in [0.717, 1.165) is 36.9 Å². The predicted molar refractivity (Wildman–Crippen MR) is 69.8 cm³/mol. The standard InChI is InChI=1S/C15H18N2O/c1-12-6-2-3-7-13(12)10-15(18)17-9-5-4-8-14(17)11-16/h2-3,6-7,14H,4-5,8-10H2,1H3. The molecule has 2 rings (SSSR count). The fourth-order valence-electron chi connectivity index (χ4n) is 2.44. The number of aryl methyl sites for hydroxylation is 1. The zero-order valence-corrected chi connectivity index (χ0v) is 10.7. The first kappa shape index (κ1) is 12.6. The number of carbonyl (C=O) groups excluding carboxylic acids is 1. The van der Waals surface area contributed by atoms with Crippen LogP contribution in [0, 0.1) is 18.3 Å². The van der Waals surface area contributed by atoms with Crippen molar-refractivity contribution in [3.8, 4) is 6.07 Å². The molecule has 94 valence electrons. The van der Waals surface area contributed by atoms with Gasteiger partial charge in [-0.15, -0.1) is 0 Å². The summed E-state index contributed by atoms with van der Waals surface area (Å²) in [5, 5.41) is 9.09. The summed E-state index contributed by atoms with van der Waals surface area (Å²) in [6.45, 7) is 2.74. The van der Waals surface area contributed by atoms with Crippen LogP contribution in [0.15, 0.2) is 24.3 Å². The van der Waals surface area contributed by atoms with Gasteiger partial charge in [0.05, 0.1) is 12.5 Å². The summed E-state index contributed by atoms with van der Waals surface area (Å²) in [5.41, 5.74) is 2.20. The highest BCUT2D eigenvalue weighted by atomic mass is 16.2. The van der Waals surface area contributed by atoms with Crippen LogP contribution in [-0.4, -0.2) is 23.4 Å². The van der Waals surface area contributed by atoms with E-state index in [9.17, 15) is 4.79 Å². The van der Waals surface area contributed by atoms with Gasteiger partial charge >= 0.3 is 0 Å². The molecule has 1 aliphatic heterocycles. The number of rotatable bonds is 2. The summed E-state index contributed by atoms with van der Waals surface area (Å²) in [5.74, 6) is 0.0792. The maximum Gasteiger partial charge on any atom is 0.228 e. The van der Waals surface area contributed by atoms with E-state index in [1.165, 1.54) is 0 Å². The molecule has 0 saturated carbocycles. The minimum absolute atomic E-state index is 0.0792. The normalized spacial score (nSPS) is 19.3. The van der Waals surface area contributed by atoms with Crippen LogP contribution in [0.5, 0.6) is 0 Å². The monoisotopic (exact) mass is 242 g/mol. The fraction of sp³-hybridized carbons (Fsp3) is 0.467. The van der Waals surface area contributed by atoms with E-state index in [1.54, 1.807) is 4.90 Å². The van der Waals surface area contributed by atoms with E-state index in [4.69, 9.17) is 5.26 Å². The lowest BCUT2D eigenvalue weighted by atomic mass is 10.0. The van der Waals surface area contributed by atoms with Crippen molar-refractivity contribution in [1.29, 1.82) is 5.26 Å². The van der Waals surface area contributed by atoms with Gasteiger partial charge in [-0.25, -0.2) is 0 Å². The summed E-state index contributed by atoms with van der Waals surface area (Å²) < 4.78 is 0. The van der Waals surface area contributed by atoms with E-state index in [2.05, 4.69) is 6.07 Å². The Labute approximate surface area is 108 Å². The number of nitrogens with zero attached hydrogens (tertiary/aromatic N) is 2. The highest BCUT2D eigenvalue weighted by Gasteiger charge is 2.26. The molecule has 0 N–H and O–H groups in total. The van der Waals surface area contributed by atoms with E-state index in [1.807, 2.05) is 31.2 Å². The lowest BCUT2D eigenvalue weighted by molar-refractivity contribution is -0.132. The molecular weight excluding hydrogens is 224 g/mol. The molecule has 1 unspecified atom stereocenters. The molecule has 18 heavy (non-hydrogen) atoms. The average molecular weight is 242 g/mol. The number of likely N-dealkylation sites (tertiary alicyclic amines) is 1. The Morgan fingerprint density at radius 1 is 1.44 bits per heavy atom. The number of piperidine rings is 1. The Morgan fingerprint density at radius 3 is 2.94 bits per heavy atom. The second-order valence-corrected chi connectivity index (χ2v) is 4.83. The third-order valence-corrected chi connectivity index (χ3v) is 3.58. The molecule has 1 saturated heterocycles. The Morgan fingerprint density at radius 2 is 2.22 bits per heavy atom. The molecule has 1 heterocycles. The molecule has 0 aromatic heterocycles. The van der Waals surface area contributed by atoms with Gasteiger partial charge in [0.2, 0.25) is 5.91 Å². The number of benzene rings is 1. The van der Waals surface area contributed by atoms with Crippen LogP contribution in [0.25, 0.3) is 0 Å². The molecule has 1 amide bonds. The van der Waals surface area contributed by atoms with E-state index in [0.29, 0.717) is 6.42 Å². The molecule has 1 aromatic carbocycles. The van der Waals surface area contributed by atoms with Gasteiger partial charge in [-0.2, -0.15) is 5.26 Å². The smallest absolute Gasteiger partial charge is 0.228 e. The molecule has 0 aliphatic carbocycles. The van der Waals surface area contributed by atoms with Gasteiger partial charge in [0, 0.05) is 6.54 Å². The van der Waals surface area contributed by atoms with Crippen LogP contribution < -0.4 is 0 Å². The SMILES string of the molecule is Cc1ccccc1CC(=O)N1CCCCC1C#N. The van der Waals surface area contributed by atoms with E-state index in [-0.39, 0.29) is 11.9 Å². The highest BCUT2D eigenvalue weighted by Crippen LogP contribution is 2.18. The summed E-state index contributed by atoms with van der Waals surface area (Å²) in [7, 11) is 0. The Kier molecular flexibility index (Phi) is 3.99. The van der Waals surface area contributed by atoms with Gasteiger partial charge < -0.3 is 4.90 Å². The van der Waals surface area contributed by atoms with Crippen LogP contribution in [0.2, 0.25) is 0 Å². The highest BCUT2D eigenvalue weighted by molar-refractivity contribution is 5.79. The van der Waals surface area contributed by atoms with Gasteiger partial charge in [-0.3, -0.25) is 4.79 Å². The molecule has 1 fully saturated rings. The van der Waals surface area contributed by atoms with Crippen molar-refractivity contribution < 1.29 is 4.79 Å². The third kappa shape index (κ3) is 2.70. The second-order valence-electron chi connectivity index (χ2n) is 4.83. The zero-order chi connectivity index (χ0) is 13.0. The van der Waals surface area contributed by atoms with Crippen LogP contribution >= 0.6 is 0 Å². The predicted octanol–water partition coefficient (Wildman–Crippen LogP) is 2.44. The number of nitriles is 1. The first-order chi connectivity index (χ1) is 8.72. The molecular formula is C15H18N2O. The van der Waals surface area contributed by atoms with E-state index >= 15 is 0 Å². The molecule has 1 atom stereocenters. The lowest BCUT2D eigenvalue weighted by Gasteiger charge is -2.31. The van der Waals surface area contributed by atoms with Crippen LogP contribution in [-0.2, 0) is 11.2 Å². The summed E-state index contributed by atoms with van der Waals surface area (Å²) in [6, 6.07) is 9.94. The molecule has 3 heteroatoms. The molecule has 0 bridgehead atoms. The van der Waals surface area contributed by atoms with Gasteiger partial charge in [-0.1, -0.05) is 24.3 Å². The number of hydrogen-bond acceptors (Lipinski definition) is 2. The molecule has 0 radical (unpaired) electrons. The Bertz CT molecular complexity index is 476. The van der Waals surface area contributed by atoms with Crippen molar-refractivity contribution in [3.63, 3.8) is 0 Å².